The van der Waals surface area contributed by atoms with E-state index in [2.05, 4.69) is 19.9 Å². The van der Waals surface area contributed by atoms with E-state index in [9.17, 15) is 27.2 Å². The maximum absolute atomic E-state index is 16.7. The summed E-state index contributed by atoms with van der Waals surface area (Å²) in [5, 5.41) is 3.50. The van der Waals surface area contributed by atoms with Gasteiger partial charge in [0.25, 0.3) is 11.8 Å². The van der Waals surface area contributed by atoms with Crippen molar-refractivity contribution in [3.63, 3.8) is 0 Å². The number of rotatable bonds is 6. The van der Waals surface area contributed by atoms with Crippen LogP contribution in [0.1, 0.15) is 43.5 Å². The molecule has 6 aromatic carbocycles. The van der Waals surface area contributed by atoms with Crippen LogP contribution in [0.5, 0.6) is 0 Å². The quantitative estimate of drug-likeness (QED) is 0.0574. The fraction of sp³-hybridized carbons (Fsp3) is 0. The van der Waals surface area contributed by atoms with Gasteiger partial charge >= 0.3 is 0 Å². The van der Waals surface area contributed by atoms with Crippen molar-refractivity contribution in [1.29, 1.82) is 0 Å². The summed E-state index contributed by atoms with van der Waals surface area (Å²) < 4.78 is 444. The Morgan fingerprint density at radius 3 is 0.654 bits per heavy atom. The first kappa shape index (κ1) is 71.7. The lowest BCUT2D eigenvalue weighted by Crippen LogP contribution is -2.11. The Labute approximate surface area is 582 Å². The molecule has 9 aromatic rings. The summed E-state index contributed by atoms with van der Waals surface area (Å²) >= 11 is 1.45. The van der Waals surface area contributed by atoms with Crippen LogP contribution in [0.25, 0.3) is 113 Å². The van der Waals surface area contributed by atoms with E-state index in [0.717, 1.165) is 45.2 Å². The molecule has 530 valence electrons. The van der Waals surface area contributed by atoms with E-state index in [1.165, 1.54) is 0 Å². The summed E-state index contributed by atoms with van der Waals surface area (Å²) in [6.07, 6.45) is 1.41. The lowest BCUT2D eigenvalue weighted by atomic mass is 9.98. The predicted molar refractivity (Wildman–Crippen MR) is 327 cm³/mol. The number of hydrogen-bond donors (Lipinski definition) is 4. The second kappa shape index (κ2) is 25.6. The van der Waals surface area contributed by atoms with Crippen LogP contribution in [0.2, 0.25) is 0 Å². The van der Waals surface area contributed by atoms with Crippen molar-refractivity contribution in [2.75, 3.05) is 10.6 Å². The molecule has 4 aliphatic heterocycles. The van der Waals surface area contributed by atoms with Gasteiger partial charge in [0.05, 0.1) is 85.8 Å². The van der Waals surface area contributed by atoms with E-state index in [0.29, 0.717) is 48.6 Å². The summed E-state index contributed by atoms with van der Waals surface area (Å²) in [6.45, 7) is 0. The molecule has 0 saturated heterocycles. The van der Waals surface area contributed by atoms with Crippen molar-refractivity contribution in [1.82, 2.24) is 19.9 Å². The first-order valence-electron chi connectivity index (χ1n) is 27.8. The minimum Gasteiger partial charge on any atom is -0.354 e. The number of aromatic nitrogens is 4. The molecule has 12 bridgehead atoms. The topological polar surface area (TPSA) is 116 Å². The zero-order valence-corrected chi connectivity index (χ0v) is 53.1. The van der Waals surface area contributed by atoms with Gasteiger partial charge in [-0.3, -0.25) is 9.59 Å². The van der Waals surface area contributed by atoms with E-state index in [4.69, 9.17) is 0 Å². The Bertz CT molecular complexity index is 5480. The molecule has 3 aromatic heterocycles. The van der Waals surface area contributed by atoms with E-state index >= 15 is 105 Å². The van der Waals surface area contributed by atoms with Crippen LogP contribution in [0, 0.1) is 170 Å². The highest BCUT2D eigenvalue weighted by Crippen LogP contribution is 2.49. The van der Waals surface area contributed by atoms with Gasteiger partial charge in [0.1, 0.15) is 0 Å². The van der Waals surface area contributed by atoms with E-state index in [-0.39, 0.29) is 12.1 Å². The van der Waals surface area contributed by atoms with Gasteiger partial charge in [-0.25, -0.2) is 133 Å². The monoisotopic (exact) mass is 1710 g/mol. The highest BCUT2D eigenvalue weighted by Gasteiger charge is 2.40. The van der Waals surface area contributed by atoms with Crippen molar-refractivity contribution in [3.05, 3.63) is 240 Å². The number of nitrogens with zero attached hydrogens (tertiary/aromatic N) is 2. The minimum atomic E-state index is -2.96. The molecule has 0 saturated carbocycles. The Balaban J connectivity index is 1.36. The molecule has 4 aliphatic rings. The zero-order valence-electron chi connectivity index (χ0n) is 48.8. The number of fused-ring (bicyclic) bond motifs is 12. The van der Waals surface area contributed by atoms with E-state index in [1.807, 2.05) is 0 Å². The van der Waals surface area contributed by atoms with Gasteiger partial charge in [0.2, 0.25) is 23.3 Å². The van der Waals surface area contributed by atoms with Crippen LogP contribution < -0.4 is 10.6 Å². The molecule has 0 spiro atoms. The van der Waals surface area contributed by atoms with Gasteiger partial charge in [-0.1, -0.05) is 0 Å². The van der Waals surface area contributed by atoms with Crippen molar-refractivity contribution < 1.29 is 133 Å². The highest BCUT2D eigenvalue weighted by molar-refractivity contribution is 14.1. The van der Waals surface area contributed by atoms with Gasteiger partial charge in [0.15, 0.2) is 140 Å². The molecule has 0 atom stereocenters. The minimum absolute atomic E-state index is 0.0594. The molecule has 13 rings (SSSR count). The Hall–Kier alpha value is -10.7. The molecule has 0 fully saturated rings. The number of anilines is 2. The Morgan fingerprint density at radius 1 is 0.231 bits per heavy atom. The number of amides is 2. The van der Waals surface area contributed by atoms with Gasteiger partial charge < -0.3 is 20.6 Å². The summed E-state index contributed by atoms with van der Waals surface area (Å²) in [7, 11) is 0. The third-order valence-corrected chi connectivity index (χ3v) is 18.0. The Kier molecular flexibility index (Phi) is 17.7. The number of nitrogens with one attached hydrogen (secondary N) is 4. The summed E-state index contributed by atoms with van der Waals surface area (Å²) in [6, 6.07) is 1.61. The predicted octanol–water partition coefficient (Wildman–Crippen LogP) is 21.1. The van der Waals surface area contributed by atoms with Crippen LogP contribution in [0.4, 0.5) is 134 Å². The largest absolute Gasteiger partial charge is 0.354 e. The van der Waals surface area contributed by atoms with Crippen molar-refractivity contribution >= 4 is 115 Å². The second-order valence-corrected chi connectivity index (χ2v) is 23.9. The molecule has 0 radical (unpaired) electrons. The van der Waals surface area contributed by atoms with Crippen LogP contribution in [0.15, 0.2) is 36.4 Å². The summed E-state index contributed by atoms with van der Waals surface area (Å²) in [5.74, 6) is -81.6. The third kappa shape index (κ3) is 10.6. The first-order chi connectivity index (χ1) is 48.9. The molecule has 104 heavy (non-hydrogen) atoms. The Morgan fingerprint density at radius 2 is 0.413 bits per heavy atom. The van der Waals surface area contributed by atoms with E-state index < -0.39 is 316 Å². The van der Waals surface area contributed by atoms with Gasteiger partial charge in [-0.15, -0.1) is 0 Å². The average molecular weight is 1710 g/mol. The van der Waals surface area contributed by atoms with Gasteiger partial charge in [-0.05, 0) is 106 Å². The number of aromatic amines is 2. The van der Waals surface area contributed by atoms with Crippen molar-refractivity contribution in [3.8, 4) is 66.8 Å². The maximum Gasteiger partial charge on any atom is 0.256 e. The lowest BCUT2D eigenvalue weighted by Gasteiger charge is -2.12. The molecule has 2 amide bonds. The SMILES string of the molecule is O=C1Nc2cc1c(-c1c(F)c(F)c(F)c(F)c1F)c1ccc([nH]1)c(-c1c(F)c(F)c(I)c(F)c1F)c1nc(c(-c3c(F)c(F)c(F)c(F)c3F)c3cc(c(-c4c(F)c(F)c(F)c(F)c4F)c4ccc([nH]4)c(-c4c(F)c(F)c(I)c(F)c4F)c4nc(c2-c2c(F)c(F)c(F)c(F)c2F)C=C4)C(=O)N3)C=C1. The lowest BCUT2D eigenvalue weighted by molar-refractivity contribution is 0.102. The molecule has 0 unspecified atom stereocenters. The number of carbonyl (C=O) groups is 2. The average Bonchev–Trinajstić information content (AvgIpc) is 1.54. The fourth-order valence-corrected chi connectivity index (χ4v) is 12.5. The molecular formula is C66H14F28I2N6O2. The van der Waals surface area contributed by atoms with Crippen LogP contribution in [-0.2, 0) is 0 Å². The molecule has 8 nitrogen and oxygen atoms in total. The van der Waals surface area contributed by atoms with E-state index in [1.54, 1.807) is 10.6 Å². The van der Waals surface area contributed by atoms with Gasteiger partial charge in [-0.2, -0.15) is 0 Å². The number of halogens is 30. The summed E-state index contributed by atoms with van der Waals surface area (Å²) in [4.78, 5) is 41.3. The van der Waals surface area contributed by atoms with Crippen LogP contribution in [-0.4, -0.2) is 31.8 Å². The summed E-state index contributed by atoms with van der Waals surface area (Å²) in [5.41, 5.74) is -40.2. The number of benzene rings is 6. The number of hydrogen-bond acceptors (Lipinski definition) is 4. The standard InChI is InChI=1S/C66H14F28I2N6O2/c67-35-29(36(68)48(80)55(87)47(35)79)23-11-9-21(101-65(11)103)27(33-39(71)51(83)57(89)52(84)40(33)72)20-8-6-18(100-20)26(32-45(77)61(93)64(96)62(94)46(32)78)16-4-2-14(98-16)24(30-37(69)49(81)56(88)50(82)38(30)70)12-10-22(102-66(12)104)28(34-41(73)53(85)58(90)54(86)42(34)74)19-7-5-17(99-19)25(15-3-1-13(23)97-15)31-43(75)59(91)63(95)60(92)44(31)76/h1-10,97-98H,(H,101,103)(H,102,104). The molecule has 38 heteroatoms. The van der Waals surface area contributed by atoms with Crippen molar-refractivity contribution in [2.24, 2.45) is 0 Å². The van der Waals surface area contributed by atoms with Crippen LogP contribution in [0.3, 0.4) is 0 Å². The molecule has 7 heterocycles. The molecule has 0 aliphatic carbocycles. The molecule has 4 N–H and O–H groups in total. The number of carbonyl (C=O) groups excluding carboxylic acids is 2. The second-order valence-electron chi connectivity index (χ2n) is 21.8. The van der Waals surface area contributed by atoms with Crippen LogP contribution >= 0.6 is 45.2 Å². The first-order valence-corrected chi connectivity index (χ1v) is 29.9. The fourth-order valence-electron chi connectivity index (χ4n) is 11.5. The third-order valence-electron chi connectivity index (χ3n) is 16.2. The normalized spacial score (nSPS) is 12.6. The van der Waals surface area contributed by atoms with Gasteiger partial charge in [0, 0.05) is 55.4 Å². The highest BCUT2D eigenvalue weighted by atomic mass is 127. The number of H-pyrrole nitrogens is 2. The smallest absolute Gasteiger partial charge is 0.256 e. The zero-order chi connectivity index (χ0) is 75.6. The molecular weight excluding hydrogens is 1690 g/mol. The maximum atomic E-state index is 16.7. The van der Waals surface area contributed by atoms with Crippen molar-refractivity contribution in [2.45, 2.75) is 0 Å².